The van der Waals surface area contributed by atoms with Gasteiger partial charge in [-0.15, -0.1) is 0 Å². The van der Waals surface area contributed by atoms with Crippen LogP contribution in [-0.2, 0) is 15.9 Å². The fourth-order valence-electron chi connectivity index (χ4n) is 2.08. The Balaban J connectivity index is 2.65. The fourth-order valence-corrected chi connectivity index (χ4v) is 2.08. The summed E-state index contributed by atoms with van der Waals surface area (Å²) in [6, 6.07) is 0. The summed E-state index contributed by atoms with van der Waals surface area (Å²) in [5, 5.41) is 20.2. The van der Waals surface area contributed by atoms with Crippen molar-refractivity contribution < 1.29 is 24.5 Å². The van der Waals surface area contributed by atoms with Gasteiger partial charge in [0.15, 0.2) is 0 Å². The molecule has 0 fully saturated rings. The molecule has 0 saturated heterocycles. The molecule has 2 N–H and O–H groups in total. The molecule has 1 aromatic rings. The van der Waals surface area contributed by atoms with Gasteiger partial charge in [-0.05, 0) is 50.3 Å². The number of phenolic OH excluding ortho intramolecular Hbond substituents is 2. The minimum absolute atomic E-state index is 0.149. The summed E-state index contributed by atoms with van der Waals surface area (Å²) in [6.07, 6.45) is 4.12. The van der Waals surface area contributed by atoms with Crippen molar-refractivity contribution in [3.8, 4) is 11.5 Å². The van der Waals surface area contributed by atoms with Crippen molar-refractivity contribution in [2.24, 2.45) is 0 Å². The largest absolute Gasteiger partial charge is 0.508 e. The van der Waals surface area contributed by atoms with Gasteiger partial charge < -0.3 is 19.7 Å². The summed E-state index contributed by atoms with van der Waals surface area (Å²) in [7, 11) is 1.25. The second-order valence-corrected chi connectivity index (χ2v) is 4.83. The highest BCUT2D eigenvalue weighted by atomic mass is 16.7. The van der Waals surface area contributed by atoms with Gasteiger partial charge in [0.05, 0.1) is 7.11 Å². The maximum absolute atomic E-state index is 10.7. The smallest absolute Gasteiger partial charge is 0.507 e. The van der Waals surface area contributed by atoms with Gasteiger partial charge in [-0.25, -0.2) is 4.79 Å². The number of phenols is 2. The zero-order chi connectivity index (χ0) is 16.0. The van der Waals surface area contributed by atoms with Gasteiger partial charge in [0, 0.05) is 5.56 Å². The second-order valence-electron chi connectivity index (χ2n) is 4.83. The lowest BCUT2D eigenvalue weighted by Gasteiger charge is -2.15. The average molecular weight is 294 g/mol. The first kappa shape index (κ1) is 16.9. The molecule has 21 heavy (non-hydrogen) atoms. The maximum Gasteiger partial charge on any atom is 0.508 e. The van der Waals surface area contributed by atoms with E-state index in [9.17, 15) is 15.0 Å². The molecule has 0 radical (unpaired) electrons. The van der Waals surface area contributed by atoms with Crippen molar-refractivity contribution in [1.82, 2.24) is 0 Å². The number of ether oxygens (including phenoxy) is 2. The van der Waals surface area contributed by atoms with Crippen molar-refractivity contribution in [3.63, 3.8) is 0 Å². The molecule has 0 aliphatic rings. The third-order valence-corrected chi connectivity index (χ3v) is 3.56. The Kier molecular flexibility index (Phi) is 6.09. The number of carbonyl (C=O) groups is 1. The molecule has 0 aromatic heterocycles. The first-order valence-corrected chi connectivity index (χ1v) is 6.76. The van der Waals surface area contributed by atoms with Crippen molar-refractivity contribution in [2.45, 2.75) is 33.6 Å². The number of benzene rings is 1. The van der Waals surface area contributed by atoms with Gasteiger partial charge in [-0.2, -0.15) is 0 Å². The molecule has 5 nitrogen and oxygen atoms in total. The normalized spacial score (nSPS) is 10.9. The van der Waals surface area contributed by atoms with Crippen LogP contribution < -0.4 is 0 Å². The minimum atomic E-state index is -0.716. The van der Waals surface area contributed by atoms with E-state index < -0.39 is 6.16 Å². The molecule has 0 spiro atoms. The lowest BCUT2D eigenvalue weighted by Crippen LogP contribution is -2.03. The maximum atomic E-state index is 10.7. The van der Waals surface area contributed by atoms with Crippen molar-refractivity contribution in [1.29, 1.82) is 0 Å². The van der Waals surface area contributed by atoms with E-state index in [2.05, 4.69) is 4.74 Å². The highest BCUT2D eigenvalue weighted by Crippen LogP contribution is 2.36. The van der Waals surface area contributed by atoms with Crippen molar-refractivity contribution in [2.75, 3.05) is 13.7 Å². The van der Waals surface area contributed by atoms with Crippen LogP contribution in [0, 0.1) is 20.8 Å². The van der Waals surface area contributed by atoms with E-state index in [1.807, 2.05) is 6.08 Å². The number of allylic oxidation sites excluding steroid dienone is 1. The number of hydrogen-bond acceptors (Lipinski definition) is 5. The number of hydrogen-bond donors (Lipinski definition) is 2. The standard InChI is InChI=1S/C16H22O5/c1-10-11(2)15(18)13(12(3)14(10)17)8-6-5-7-9-21-16(19)20-4/h5,7,17-18H,6,8-9H2,1-4H3/b7-5+. The first-order valence-electron chi connectivity index (χ1n) is 6.76. The van der Waals surface area contributed by atoms with E-state index in [0.29, 0.717) is 29.5 Å². The quantitative estimate of drug-likeness (QED) is 0.495. The van der Waals surface area contributed by atoms with Crippen molar-refractivity contribution in [3.05, 3.63) is 34.4 Å². The molecule has 0 aliphatic heterocycles. The summed E-state index contributed by atoms with van der Waals surface area (Å²) in [5.74, 6) is 0.473. The van der Waals surface area contributed by atoms with Crippen LogP contribution in [0.25, 0.3) is 0 Å². The molecule has 0 saturated carbocycles. The SMILES string of the molecule is COC(=O)OC/C=C/CCc1c(C)c(O)c(C)c(C)c1O. The minimum Gasteiger partial charge on any atom is -0.507 e. The van der Waals surface area contributed by atoms with Gasteiger partial charge in [0.1, 0.15) is 18.1 Å². The van der Waals surface area contributed by atoms with Crippen molar-refractivity contribution >= 4 is 6.16 Å². The summed E-state index contributed by atoms with van der Waals surface area (Å²) in [6.45, 7) is 5.51. The van der Waals surface area contributed by atoms with Crippen LogP contribution in [0.4, 0.5) is 4.79 Å². The van der Waals surface area contributed by atoms with E-state index in [1.54, 1.807) is 26.8 Å². The van der Waals surface area contributed by atoms with E-state index in [1.165, 1.54) is 7.11 Å². The zero-order valence-electron chi connectivity index (χ0n) is 12.9. The Morgan fingerprint density at radius 3 is 2.29 bits per heavy atom. The molecule has 0 atom stereocenters. The molecule has 0 heterocycles. The lowest BCUT2D eigenvalue weighted by molar-refractivity contribution is 0.0817. The molecule has 116 valence electrons. The number of aromatic hydroxyl groups is 2. The third-order valence-electron chi connectivity index (χ3n) is 3.56. The monoisotopic (exact) mass is 294 g/mol. The molecule has 0 aliphatic carbocycles. The van der Waals surface area contributed by atoms with Gasteiger partial charge in [-0.1, -0.05) is 12.2 Å². The lowest BCUT2D eigenvalue weighted by atomic mass is 9.94. The highest BCUT2D eigenvalue weighted by Gasteiger charge is 2.15. The Labute approximate surface area is 124 Å². The van der Waals surface area contributed by atoms with Gasteiger partial charge in [0.25, 0.3) is 0 Å². The van der Waals surface area contributed by atoms with Crippen LogP contribution in [0.5, 0.6) is 11.5 Å². The van der Waals surface area contributed by atoms with E-state index in [0.717, 1.165) is 5.56 Å². The Hall–Kier alpha value is -2.17. The number of rotatable bonds is 5. The molecule has 0 unspecified atom stereocenters. The summed E-state index contributed by atoms with van der Waals surface area (Å²) < 4.78 is 9.05. The van der Waals surface area contributed by atoms with Crippen LogP contribution in [0.1, 0.15) is 28.7 Å². The van der Waals surface area contributed by atoms with Crippen LogP contribution in [0.15, 0.2) is 12.2 Å². The fraction of sp³-hybridized carbons (Fsp3) is 0.438. The molecule has 0 amide bonds. The molecular weight excluding hydrogens is 272 g/mol. The second kappa shape index (κ2) is 7.57. The van der Waals surface area contributed by atoms with E-state index in [-0.39, 0.29) is 18.1 Å². The topological polar surface area (TPSA) is 76.0 Å². The Morgan fingerprint density at radius 2 is 1.67 bits per heavy atom. The Bertz CT molecular complexity index is 517. The molecule has 1 aromatic carbocycles. The van der Waals surface area contributed by atoms with Gasteiger partial charge >= 0.3 is 6.16 Å². The van der Waals surface area contributed by atoms with Gasteiger partial charge in [0.2, 0.25) is 0 Å². The molecular formula is C16H22O5. The Morgan fingerprint density at radius 1 is 1.05 bits per heavy atom. The third kappa shape index (κ3) is 4.15. The van der Waals surface area contributed by atoms with Crippen LogP contribution in [0.2, 0.25) is 0 Å². The summed E-state index contributed by atoms with van der Waals surface area (Å²) >= 11 is 0. The predicted octanol–water partition coefficient (Wildman–Crippen LogP) is 3.29. The van der Waals surface area contributed by atoms with E-state index in [4.69, 9.17) is 4.74 Å². The van der Waals surface area contributed by atoms with Crippen LogP contribution in [0.3, 0.4) is 0 Å². The van der Waals surface area contributed by atoms with E-state index >= 15 is 0 Å². The summed E-state index contributed by atoms with van der Waals surface area (Å²) in [4.78, 5) is 10.7. The predicted molar refractivity (Wildman–Crippen MR) is 79.8 cm³/mol. The van der Waals surface area contributed by atoms with Crippen LogP contribution in [-0.4, -0.2) is 30.1 Å². The first-order chi connectivity index (χ1) is 9.90. The van der Waals surface area contributed by atoms with Crippen LogP contribution >= 0.6 is 0 Å². The number of carbonyl (C=O) groups excluding carboxylic acids is 1. The molecule has 0 bridgehead atoms. The number of methoxy groups -OCH3 is 1. The highest BCUT2D eigenvalue weighted by molar-refractivity contribution is 5.59. The zero-order valence-corrected chi connectivity index (χ0v) is 12.9. The molecule has 5 heteroatoms. The molecule has 1 rings (SSSR count). The average Bonchev–Trinajstić information content (AvgIpc) is 2.49. The summed E-state index contributed by atoms with van der Waals surface area (Å²) in [5.41, 5.74) is 2.85. The van der Waals surface area contributed by atoms with Gasteiger partial charge in [-0.3, -0.25) is 0 Å².